The number of rotatable bonds is 6. The Kier molecular flexibility index (Phi) is 6.22. The highest BCUT2D eigenvalue weighted by atomic mass is 16.1. The Morgan fingerprint density at radius 1 is 0.929 bits per heavy atom. The molecule has 3 aromatic rings. The fourth-order valence-corrected chi connectivity index (χ4v) is 2.91. The maximum atomic E-state index is 12.5. The second kappa shape index (κ2) is 9.20. The summed E-state index contributed by atoms with van der Waals surface area (Å²) in [7, 11) is 0. The Morgan fingerprint density at radius 3 is 2.07 bits per heavy atom. The quantitative estimate of drug-likeness (QED) is 0.489. The van der Waals surface area contributed by atoms with Crippen molar-refractivity contribution in [3.63, 3.8) is 0 Å². The molecule has 4 nitrogen and oxygen atoms in total. The molecule has 0 aromatic heterocycles. The molecule has 3 rings (SSSR count). The molecule has 2 N–H and O–H groups in total. The summed E-state index contributed by atoms with van der Waals surface area (Å²) in [6.45, 7) is 1.95. The van der Waals surface area contributed by atoms with E-state index >= 15 is 0 Å². The first kappa shape index (κ1) is 18.9. The lowest BCUT2D eigenvalue weighted by Gasteiger charge is -2.19. The van der Waals surface area contributed by atoms with Crippen molar-refractivity contribution in [3.8, 4) is 6.07 Å². The minimum atomic E-state index is -0.444. The molecule has 0 heterocycles. The lowest BCUT2D eigenvalue weighted by atomic mass is 9.99. The number of benzene rings is 3. The Balaban J connectivity index is 1.82. The Morgan fingerprint density at radius 2 is 1.54 bits per heavy atom. The van der Waals surface area contributed by atoms with Gasteiger partial charge in [0.15, 0.2) is 0 Å². The van der Waals surface area contributed by atoms with Crippen molar-refractivity contribution in [1.82, 2.24) is 5.32 Å². The average molecular weight is 367 g/mol. The molecule has 138 valence electrons. The van der Waals surface area contributed by atoms with Crippen LogP contribution < -0.4 is 10.6 Å². The Bertz CT molecular complexity index is 965. The number of hydrogen-bond donors (Lipinski definition) is 2. The highest BCUT2D eigenvalue weighted by Crippen LogP contribution is 2.22. The van der Waals surface area contributed by atoms with Crippen LogP contribution in [0.4, 0.5) is 5.69 Å². The van der Waals surface area contributed by atoms with Gasteiger partial charge in [0.25, 0.3) is 5.91 Å². The molecule has 0 aliphatic rings. The third-order valence-electron chi connectivity index (χ3n) is 4.30. The second-order valence-corrected chi connectivity index (χ2v) is 6.41. The van der Waals surface area contributed by atoms with E-state index in [9.17, 15) is 10.1 Å². The number of aryl methyl sites for hydroxylation is 1. The van der Waals surface area contributed by atoms with Gasteiger partial charge >= 0.3 is 0 Å². The summed E-state index contributed by atoms with van der Waals surface area (Å²) < 4.78 is 0. The number of carbonyl (C=O) groups excluding carboxylic acids is 1. The number of hydrogen-bond acceptors (Lipinski definition) is 3. The zero-order valence-electron chi connectivity index (χ0n) is 15.6. The lowest BCUT2D eigenvalue weighted by molar-refractivity contribution is -0.112. The molecule has 28 heavy (non-hydrogen) atoms. The van der Waals surface area contributed by atoms with Crippen molar-refractivity contribution >= 4 is 11.6 Å². The van der Waals surface area contributed by atoms with E-state index in [4.69, 9.17) is 0 Å². The van der Waals surface area contributed by atoms with Gasteiger partial charge in [0.05, 0.1) is 6.04 Å². The molecule has 0 saturated heterocycles. The van der Waals surface area contributed by atoms with Crippen LogP contribution in [-0.2, 0) is 4.79 Å². The molecule has 0 aliphatic carbocycles. The molecule has 1 amide bonds. The highest BCUT2D eigenvalue weighted by molar-refractivity contribution is 6.06. The number of nitriles is 1. The van der Waals surface area contributed by atoms with E-state index in [1.54, 1.807) is 6.07 Å². The zero-order valence-corrected chi connectivity index (χ0v) is 15.6. The molecule has 0 saturated carbocycles. The van der Waals surface area contributed by atoms with E-state index in [1.807, 2.05) is 91.9 Å². The van der Waals surface area contributed by atoms with Gasteiger partial charge in [-0.15, -0.1) is 0 Å². The smallest absolute Gasteiger partial charge is 0.267 e. The first-order chi connectivity index (χ1) is 13.7. The maximum Gasteiger partial charge on any atom is 0.267 e. The summed E-state index contributed by atoms with van der Waals surface area (Å²) in [6.07, 6.45) is 1.48. The van der Waals surface area contributed by atoms with Crippen LogP contribution in [0.1, 0.15) is 22.7 Å². The normalized spacial score (nSPS) is 11.0. The monoisotopic (exact) mass is 367 g/mol. The van der Waals surface area contributed by atoms with E-state index in [0.29, 0.717) is 5.69 Å². The Hall–Kier alpha value is -3.84. The predicted octanol–water partition coefficient (Wildman–Crippen LogP) is 4.72. The van der Waals surface area contributed by atoms with Crippen molar-refractivity contribution in [2.45, 2.75) is 13.0 Å². The van der Waals surface area contributed by atoms with E-state index in [2.05, 4.69) is 10.6 Å². The van der Waals surface area contributed by atoms with Crippen LogP contribution in [0.2, 0.25) is 0 Å². The molecule has 0 radical (unpaired) electrons. The van der Waals surface area contributed by atoms with E-state index in [0.717, 1.165) is 16.7 Å². The molecule has 0 aliphatic heterocycles. The fourth-order valence-electron chi connectivity index (χ4n) is 2.91. The van der Waals surface area contributed by atoms with Crippen molar-refractivity contribution < 1.29 is 4.79 Å². The van der Waals surface area contributed by atoms with E-state index in [-0.39, 0.29) is 11.6 Å². The molecule has 4 heteroatoms. The van der Waals surface area contributed by atoms with Crippen LogP contribution in [0, 0.1) is 18.3 Å². The van der Waals surface area contributed by atoms with Gasteiger partial charge in [-0.1, -0.05) is 72.8 Å². The summed E-state index contributed by atoms with van der Waals surface area (Å²) >= 11 is 0. The van der Waals surface area contributed by atoms with Crippen molar-refractivity contribution in [3.05, 3.63) is 113 Å². The van der Waals surface area contributed by atoms with Gasteiger partial charge in [0, 0.05) is 11.9 Å². The van der Waals surface area contributed by atoms with Crippen molar-refractivity contribution in [1.29, 1.82) is 5.26 Å². The van der Waals surface area contributed by atoms with Gasteiger partial charge < -0.3 is 10.6 Å². The van der Waals surface area contributed by atoms with Crippen molar-refractivity contribution in [2.24, 2.45) is 0 Å². The van der Waals surface area contributed by atoms with Crippen LogP contribution in [0.15, 0.2) is 96.7 Å². The van der Waals surface area contributed by atoms with Gasteiger partial charge in [0.2, 0.25) is 0 Å². The fraction of sp³-hybridized carbons (Fsp3) is 0.0833. The summed E-state index contributed by atoms with van der Waals surface area (Å²) in [5.41, 5.74) is 3.79. The lowest BCUT2D eigenvalue weighted by Crippen LogP contribution is -2.21. The number of anilines is 1. The maximum absolute atomic E-state index is 12.5. The topological polar surface area (TPSA) is 64.9 Å². The molecular formula is C24H21N3O. The van der Waals surface area contributed by atoms with Crippen LogP contribution >= 0.6 is 0 Å². The molecular weight excluding hydrogens is 346 g/mol. The standard InChI is InChI=1S/C24H21N3O/c1-18-9-8-14-22(15-18)27-24(28)21(16-25)17-26-23(19-10-4-2-5-11-19)20-12-6-3-7-13-20/h2-15,17,23,26H,1H3,(H,27,28)/b21-17-. The minimum absolute atomic E-state index is 0.0124. The molecule has 0 atom stereocenters. The highest BCUT2D eigenvalue weighted by Gasteiger charge is 2.14. The zero-order chi connectivity index (χ0) is 19.8. The predicted molar refractivity (Wildman–Crippen MR) is 111 cm³/mol. The molecule has 0 unspecified atom stereocenters. The third-order valence-corrected chi connectivity index (χ3v) is 4.30. The summed E-state index contributed by atoms with van der Waals surface area (Å²) in [6, 6.07) is 29.1. The SMILES string of the molecule is Cc1cccc(NC(=O)/C(C#N)=C\NC(c2ccccc2)c2ccccc2)c1. The average Bonchev–Trinajstić information content (AvgIpc) is 2.72. The van der Waals surface area contributed by atoms with Gasteiger partial charge in [-0.25, -0.2) is 0 Å². The summed E-state index contributed by atoms with van der Waals surface area (Å²) in [5.74, 6) is -0.444. The minimum Gasteiger partial charge on any atom is -0.379 e. The molecule has 0 bridgehead atoms. The van der Waals surface area contributed by atoms with Gasteiger partial charge in [-0.3, -0.25) is 4.79 Å². The first-order valence-electron chi connectivity index (χ1n) is 9.01. The van der Waals surface area contributed by atoms with Gasteiger partial charge in [-0.05, 0) is 35.7 Å². The van der Waals surface area contributed by atoms with E-state index in [1.165, 1.54) is 6.20 Å². The third kappa shape index (κ3) is 4.87. The van der Waals surface area contributed by atoms with E-state index < -0.39 is 5.91 Å². The van der Waals surface area contributed by atoms with Crippen molar-refractivity contribution in [2.75, 3.05) is 5.32 Å². The van der Waals surface area contributed by atoms with Gasteiger partial charge in [-0.2, -0.15) is 5.26 Å². The number of nitrogens with one attached hydrogen (secondary N) is 2. The molecule has 3 aromatic carbocycles. The number of amides is 1. The molecule has 0 spiro atoms. The van der Waals surface area contributed by atoms with Crippen LogP contribution in [0.25, 0.3) is 0 Å². The number of carbonyl (C=O) groups is 1. The molecule has 0 fully saturated rings. The number of nitrogens with zero attached hydrogens (tertiary/aromatic N) is 1. The van der Waals surface area contributed by atoms with Crippen LogP contribution in [0.5, 0.6) is 0 Å². The van der Waals surface area contributed by atoms with Crippen LogP contribution in [-0.4, -0.2) is 5.91 Å². The largest absolute Gasteiger partial charge is 0.379 e. The summed E-state index contributed by atoms with van der Waals surface area (Å²) in [4.78, 5) is 12.5. The summed E-state index contributed by atoms with van der Waals surface area (Å²) in [5, 5.41) is 15.5. The second-order valence-electron chi connectivity index (χ2n) is 6.41. The Labute approximate surface area is 165 Å². The van der Waals surface area contributed by atoms with Crippen LogP contribution in [0.3, 0.4) is 0 Å². The first-order valence-corrected chi connectivity index (χ1v) is 9.01. The van der Waals surface area contributed by atoms with Gasteiger partial charge in [0.1, 0.15) is 11.6 Å².